The zero-order valence-electron chi connectivity index (χ0n) is 20.7. The molecule has 0 spiro atoms. The third-order valence-electron chi connectivity index (χ3n) is 7.14. The first kappa shape index (κ1) is 23.9. The molecule has 1 amide bonds. The second-order valence-electron chi connectivity index (χ2n) is 9.51. The molecule has 1 atom stereocenters. The first-order valence-electron chi connectivity index (χ1n) is 12.3. The average molecular weight is 490 g/mol. The van der Waals surface area contributed by atoms with Crippen LogP contribution in [0.4, 0.5) is 5.95 Å². The highest BCUT2D eigenvalue weighted by Crippen LogP contribution is 2.23. The number of aryl methyl sites for hydroxylation is 1. The van der Waals surface area contributed by atoms with E-state index in [1.165, 1.54) is 10.1 Å². The second kappa shape index (κ2) is 9.66. The van der Waals surface area contributed by atoms with E-state index < -0.39 is 11.2 Å². The third kappa shape index (κ3) is 4.20. The molecule has 1 unspecified atom stereocenters. The molecule has 188 valence electrons. The van der Waals surface area contributed by atoms with Crippen LogP contribution in [0, 0.1) is 11.8 Å². The molecule has 10 heteroatoms. The maximum Gasteiger partial charge on any atom is 0.332 e. The number of nitrogens with two attached hydrogens (primary N) is 1. The molecule has 2 N–H and O–H groups in total. The minimum atomic E-state index is -0.564. The topological polar surface area (TPSA) is 111 Å². The Bertz CT molecular complexity index is 1500. The van der Waals surface area contributed by atoms with Crippen molar-refractivity contribution in [3.8, 4) is 11.8 Å². The summed E-state index contributed by atoms with van der Waals surface area (Å²) in [4.78, 5) is 48.6. The molecule has 2 aliphatic heterocycles. The molecule has 1 fully saturated rings. The molecule has 2 aromatic heterocycles. The molecule has 1 aromatic carbocycles. The molecule has 4 heterocycles. The number of nitrogens with zero attached hydrogens (tertiary/aromatic N) is 6. The van der Waals surface area contributed by atoms with Crippen molar-refractivity contribution in [1.29, 1.82) is 0 Å². The fourth-order valence-corrected chi connectivity index (χ4v) is 5.18. The molecular formula is C26H31N7O3. The van der Waals surface area contributed by atoms with Crippen LogP contribution in [0.3, 0.4) is 0 Å². The molecule has 3 aromatic rings. The summed E-state index contributed by atoms with van der Waals surface area (Å²) in [7, 11) is 1.58. The number of rotatable bonds is 4. The number of imidazole rings is 1. The van der Waals surface area contributed by atoms with Gasteiger partial charge in [0.05, 0.1) is 6.54 Å². The summed E-state index contributed by atoms with van der Waals surface area (Å²) < 4.78 is 4.12. The minimum Gasteiger partial charge on any atom is -0.341 e. The Balaban J connectivity index is 1.55. The maximum absolute atomic E-state index is 13.7. The molecule has 5 rings (SSSR count). The number of hydrogen-bond acceptors (Lipinski definition) is 6. The number of piperidine rings is 1. The lowest BCUT2D eigenvalue weighted by Crippen LogP contribution is -2.45. The quantitative estimate of drug-likeness (QED) is 0.532. The molecule has 10 nitrogen and oxygen atoms in total. The Morgan fingerprint density at radius 3 is 2.69 bits per heavy atom. The number of aromatic nitrogens is 4. The number of anilines is 1. The molecule has 2 aliphatic rings. The van der Waals surface area contributed by atoms with Crippen LogP contribution in [0.25, 0.3) is 11.2 Å². The summed E-state index contributed by atoms with van der Waals surface area (Å²) in [5.41, 5.74) is 7.98. The van der Waals surface area contributed by atoms with Crippen molar-refractivity contribution in [3.05, 3.63) is 56.2 Å². The van der Waals surface area contributed by atoms with Crippen LogP contribution in [-0.2, 0) is 37.9 Å². The second-order valence-corrected chi connectivity index (χ2v) is 9.51. The molecule has 0 radical (unpaired) electrons. The number of carbonyl (C=O) groups excluding carboxylic acids is 1. The van der Waals surface area contributed by atoms with E-state index in [9.17, 15) is 14.4 Å². The number of benzene rings is 1. The minimum absolute atomic E-state index is 0.0112. The van der Waals surface area contributed by atoms with Crippen LogP contribution in [-0.4, -0.2) is 55.2 Å². The zero-order valence-corrected chi connectivity index (χ0v) is 20.7. The van der Waals surface area contributed by atoms with E-state index in [1.54, 1.807) is 23.4 Å². The van der Waals surface area contributed by atoms with Crippen molar-refractivity contribution in [2.24, 2.45) is 12.8 Å². The largest absolute Gasteiger partial charge is 0.341 e. The van der Waals surface area contributed by atoms with Gasteiger partial charge in [0, 0.05) is 39.3 Å². The van der Waals surface area contributed by atoms with Gasteiger partial charge in [-0.1, -0.05) is 30.2 Å². The van der Waals surface area contributed by atoms with Crippen molar-refractivity contribution < 1.29 is 4.79 Å². The van der Waals surface area contributed by atoms with Gasteiger partial charge in [-0.2, -0.15) is 4.98 Å². The van der Waals surface area contributed by atoms with Crippen molar-refractivity contribution in [2.45, 2.75) is 51.9 Å². The van der Waals surface area contributed by atoms with E-state index in [0.29, 0.717) is 25.6 Å². The van der Waals surface area contributed by atoms with Crippen molar-refractivity contribution in [1.82, 2.24) is 23.6 Å². The predicted octanol–water partition coefficient (Wildman–Crippen LogP) is 0.432. The lowest BCUT2D eigenvalue weighted by atomic mass is 10.00. The Morgan fingerprint density at radius 1 is 1.17 bits per heavy atom. The lowest BCUT2D eigenvalue weighted by Gasteiger charge is -2.31. The van der Waals surface area contributed by atoms with E-state index in [2.05, 4.69) is 22.8 Å². The normalized spacial score (nSPS) is 17.6. The van der Waals surface area contributed by atoms with Crippen LogP contribution in [0.2, 0.25) is 0 Å². The predicted molar refractivity (Wildman–Crippen MR) is 138 cm³/mol. The van der Waals surface area contributed by atoms with Gasteiger partial charge in [-0.15, -0.1) is 5.92 Å². The Kier molecular flexibility index (Phi) is 6.41. The molecule has 1 saturated heterocycles. The summed E-state index contributed by atoms with van der Waals surface area (Å²) in [5, 5.41) is 0. The lowest BCUT2D eigenvalue weighted by molar-refractivity contribution is -0.132. The SMILES string of the molecule is CC#CCn1c(N2CCCC(N)C2)nc2c1c(=O)n(CC(=O)N1CCc3ccccc3C1)c(=O)n2C. The summed E-state index contributed by atoms with van der Waals surface area (Å²) in [6.45, 7) is 4.05. The van der Waals surface area contributed by atoms with Crippen LogP contribution < -0.4 is 21.9 Å². The van der Waals surface area contributed by atoms with Crippen LogP contribution >= 0.6 is 0 Å². The van der Waals surface area contributed by atoms with E-state index in [0.717, 1.165) is 35.9 Å². The summed E-state index contributed by atoms with van der Waals surface area (Å²) >= 11 is 0. The van der Waals surface area contributed by atoms with E-state index in [4.69, 9.17) is 10.7 Å². The first-order chi connectivity index (χ1) is 17.4. The average Bonchev–Trinajstić information content (AvgIpc) is 3.28. The van der Waals surface area contributed by atoms with Crippen molar-refractivity contribution in [3.63, 3.8) is 0 Å². The molecular weight excluding hydrogens is 458 g/mol. The monoisotopic (exact) mass is 489 g/mol. The Morgan fingerprint density at radius 2 is 1.94 bits per heavy atom. The number of hydrogen-bond donors (Lipinski definition) is 1. The Hall–Kier alpha value is -3.84. The van der Waals surface area contributed by atoms with E-state index in [-0.39, 0.29) is 36.2 Å². The smallest absolute Gasteiger partial charge is 0.332 e. The standard InChI is InChI=1S/C26H31N7O3/c1-3-4-13-32-22-23(28-25(32)31-12-7-10-20(27)16-31)29(2)26(36)33(24(22)35)17-21(34)30-14-11-18-8-5-6-9-19(18)15-30/h5-6,8-9,20H,7,10-17,27H2,1-2H3. The van der Waals surface area contributed by atoms with Crippen molar-refractivity contribution >= 4 is 23.0 Å². The van der Waals surface area contributed by atoms with Gasteiger partial charge in [0.15, 0.2) is 11.2 Å². The van der Waals surface area contributed by atoms with Gasteiger partial charge in [-0.3, -0.25) is 18.7 Å². The third-order valence-corrected chi connectivity index (χ3v) is 7.14. The highest BCUT2D eigenvalue weighted by molar-refractivity contribution is 5.78. The fraction of sp³-hybridized carbons (Fsp3) is 0.462. The van der Waals surface area contributed by atoms with E-state index in [1.807, 2.05) is 18.2 Å². The van der Waals surface area contributed by atoms with Crippen molar-refractivity contribution in [2.75, 3.05) is 24.5 Å². The zero-order chi connectivity index (χ0) is 25.4. The van der Waals surface area contributed by atoms with Crippen LogP contribution in [0.5, 0.6) is 0 Å². The van der Waals surface area contributed by atoms with E-state index >= 15 is 0 Å². The number of fused-ring (bicyclic) bond motifs is 2. The number of amides is 1. The summed E-state index contributed by atoms with van der Waals surface area (Å²) in [6.07, 6.45) is 2.60. The molecule has 0 saturated carbocycles. The van der Waals surface area contributed by atoms with Gasteiger partial charge in [0.2, 0.25) is 11.9 Å². The highest BCUT2D eigenvalue weighted by Gasteiger charge is 2.27. The highest BCUT2D eigenvalue weighted by atomic mass is 16.2. The van der Waals surface area contributed by atoms with Crippen LogP contribution in [0.15, 0.2) is 33.9 Å². The molecule has 0 bridgehead atoms. The maximum atomic E-state index is 13.7. The number of carbonyl (C=O) groups is 1. The fourth-order valence-electron chi connectivity index (χ4n) is 5.18. The summed E-state index contributed by atoms with van der Waals surface area (Å²) in [5.74, 6) is 6.21. The first-order valence-corrected chi connectivity index (χ1v) is 12.3. The Labute approximate surface area is 208 Å². The molecule has 0 aliphatic carbocycles. The van der Waals surface area contributed by atoms with Gasteiger partial charge in [-0.05, 0) is 37.3 Å². The van der Waals surface area contributed by atoms with Gasteiger partial charge in [-0.25, -0.2) is 9.36 Å². The van der Waals surface area contributed by atoms with Gasteiger partial charge < -0.3 is 15.5 Å². The summed E-state index contributed by atoms with van der Waals surface area (Å²) in [6, 6.07) is 8.03. The van der Waals surface area contributed by atoms with Gasteiger partial charge in [0.25, 0.3) is 5.56 Å². The van der Waals surface area contributed by atoms with Gasteiger partial charge >= 0.3 is 5.69 Å². The van der Waals surface area contributed by atoms with Gasteiger partial charge in [0.1, 0.15) is 6.54 Å². The van der Waals surface area contributed by atoms with Crippen LogP contribution in [0.1, 0.15) is 30.9 Å². The molecule has 36 heavy (non-hydrogen) atoms.